The van der Waals surface area contributed by atoms with Gasteiger partial charge in [0.15, 0.2) is 5.78 Å². The van der Waals surface area contributed by atoms with Crippen LogP contribution in [-0.2, 0) is 14.3 Å². The summed E-state index contributed by atoms with van der Waals surface area (Å²) in [5.74, 6) is 0.337. The summed E-state index contributed by atoms with van der Waals surface area (Å²) in [4.78, 5) is 13.5. The molecule has 0 aliphatic heterocycles. The molecule has 0 saturated heterocycles. The molecule has 0 unspecified atom stereocenters. The Kier molecular flexibility index (Phi) is 8.37. The molecular formula is C24H40Cl2O3. The Morgan fingerprint density at radius 3 is 1.45 bits per heavy atom. The maximum Gasteiger partial charge on any atom is 0.151 e. The summed E-state index contributed by atoms with van der Waals surface area (Å²) in [5.41, 5.74) is -1.09. The van der Waals surface area contributed by atoms with Gasteiger partial charge >= 0.3 is 0 Å². The molecular weight excluding hydrogens is 407 g/mol. The molecule has 5 heteroatoms. The van der Waals surface area contributed by atoms with Crippen molar-refractivity contribution in [1.82, 2.24) is 0 Å². The second kappa shape index (κ2) is 10.2. The number of ketones is 1. The number of hydrogen-bond acceptors (Lipinski definition) is 3. The number of halogens is 2. The lowest BCUT2D eigenvalue weighted by molar-refractivity contribution is -0.176. The molecule has 3 rings (SSSR count). The Labute approximate surface area is 187 Å². The highest BCUT2D eigenvalue weighted by atomic mass is 35.5. The van der Waals surface area contributed by atoms with Crippen molar-refractivity contribution in [2.24, 2.45) is 10.8 Å². The number of alkyl halides is 2. The molecule has 3 aliphatic carbocycles. The van der Waals surface area contributed by atoms with Crippen molar-refractivity contribution in [1.29, 1.82) is 0 Å². The van der Waals surface area contributed by atoms with E-state index in [4.69, 9.17) is 32.7 Å². The van der Waals surface area contributed by atoms with Gasteiger partial charge in [-0.05, 0) is 64.2 Å². The molecule has 0 atom stereocenters. The van der Waals surface area contributed by atoms with Gasteiger partial charge in [-0.15, -0.1) is 0 Å². The minimum Gasteiger partial charge on any atom is -0.378 e. The number of rotatable bonds is 10. The molecule has 3 fully saturated rings. The van der Waals surface area contributed by atoms with Crippen molar-refractivity contribution in [3.63, 3.8) is 0 Å². The summed E-state index contributed by atoms with van der Waals surface area (Å²) < 4.78 is 11.2. The molecule has 0 heterocycles. The Bertz CT molecular complexity index is 488. The van der Waals surface area contributed by atoms with Crippen molar-refractivity contribution in [3.05, 3.63) is 0 Å². The molecule has 0 aromatic rings. The summed E-state index contributed by atoms with van der Waals surface area (Å²) >= 11 is 14.0. The van der Waals surface area contributed by atoms with E-state index in [0.717, 1.165) is 77.4 Å². The lowest BCUT2D eigenvalue weighted by atomic mass is 9.43. The van der Waals surface area contributed by atoms with Crippen LogP contribution in [0.1, 0.15) is 104 Å². The van der Waals surface area contributed by atoms with E-state index in [1.807, 2.05) is 0 Å². The van der Waals surface area contributed by atoms with Crippen LogP contribution in [-0.4, -0.2) is 35.5 Å². The second-order valence-corrected chi connectivity index (χ2v) is 10.9. The third-order valence-corrected chi connectivity index (χ3v) is 9.29. The minimum atomic E-state index is -0.933. The standard InChI is InChI=1S/C24H40Cl2O3/c1-3-5-7-17-28-19-9-13-22(14-10-19)21(27)23(24(22,25)26)15-11-20(12-16-23)29-18-8-6-4-2/h19-20H,3-18H2,1-2H3/t19?,20?,22-,23-. The third-order valence-electron chi connectivity index (χ3n) is 7.85. The zero-order chi connectivity index (χ0) is 21.0. The highest BCUT2D eigenvalue weighted by Crippen LogP contribution is 2.74. The van der Waals surface area contributed by atoms with Gasteiger partial charge in [0, 0.05) is 13.2 Å². The van der Waals surface area contributed by atoms with Crippen molar-refractivity contribution >= 4 is 29.0 Å². The fraction of sp³-hybridized carbons (Fsp3) is 0.958. The van der Waals surface area contributed by atoms with E-state index in [2.05, 4.69) is 13.8 Å². The van der Waals surface area contributed by atoms with Crippen molar-refractivity contribution in [3.8, 4) is 0 Å². The first kappa shape index (κ1) is 23.8. The van der Waals surface area contributed by atoms with E-state index in [1.165, 1.54) is 25.7 Å². The zero-order valence-corrected chi connectivity index (χ0v) is 20.0. The average molecular weight is 447 g/mol. The number of ether oxygens (including phenoxy) is 2. The molecule has 0 bridgehead atoms. The summed E-state index contributed by atoms with van der Waals surface area (Å²) in [6.45, 7) is 6.07. The number of Topliss-reactive ketones (excluding diaryl/α,β-unsaturated/α-hetero) is 1. The Morgan fingerprint density at radius 1 is 0.759 bits per heavy atom. The Balaban J connectivity index is 1.50. The molecule has 29 heavy (non-hydrogen) atoms. The van der Waals surface area contributed by atoms with E-state index < -0.39 is 15.2 Å². The SMILES string of the molecule is CCCCCOC1CC[C@]2(CC1)C(=O)[C@@]1(CCC(OCCCCC)CC1)C2(Cl)Cl. The minimum absolute atomic E-state index is 0.262. The molecule has 3 nitrogen and oxygen atoms in total. The number of hydrogen-bond donors (Lipinski definition) is 0. The van der Waals surface area contributed by atoms with Gasteiger partial charge in [0.05, 0.1) is 23.0 Å². The third kappa shape index (κ3) is 4.41. The van der Waals surface area contributed by atoms with Gasteiger partial charge < -0.3 is 9.47 Å². The van der Waals surface area contributed by atoms with Gasteiger partial charge in [0.25, 0.3) is 0 Å². The highest BCUT2D eigenvalue weighted by Gasteiger charge is 2.79. The van der Waals surface area contributed by atoms with Gasteiger partial charge in [-0.1, -0.05) is 62.7 Å². The summed E-state index contributed by atoms with van der Waals surface area (Å²) in [7, 11) is 0. The van der Waals surface area contributed by atoms with Crippen LogP contribution < -0.4 is 0 Å². The molecule has 168 valence electrons. The van der Waals surface area contributed by atoms with E-state index in [-0.39, 0.29) is 12.2 Å². The van der Waals surface area contributed by atoms with Gasteiger partial charge in [-0.3, -0.25) is 4.79 Å². The second-order valence-electron chi connectivity index (χ2n) is 9.62. The molecule has 0 N–H and O–H groups in total. The molecule has 0 aromatic heterocycles. The number of unbranched alkanes of at least 4 members (excludes halogenated alkanes) is 4. The van der Waals surface area contributed by atoms with E-state index in [9.17, 15) is 4.79 Å². The first-order valence-corrected chi connectivity index (χ1v) is 12.8. The first-order chi connectivity index (χ1) is 13.9. The Morgan fingerprint density at radius 2 is 1.14 bits per heavy atom. The van der Waals surface area contributed by atoms with Crippen LogP contribution in [0.5, 0.6) is 0 Å². The fourth-order valence-electron chi connectivity index (χ4n) is 5.93. The van der Waals surface area contributed by atoms with Gasteiger partial charge in [0.1, 0.15) is 4.33 Å². The first-order valence-electron chi connectivity index (χ1n) is 12.1. The topological polar surface area (TPSA) is 35.5 Å². The van der Waals surface area contributed by atoms with Crippen LogP contribution in [0.3, 0.4) is 0 Å². The van der Waals surface area contributed by atoms with E-state index in [1.54, 1.807) is 0 Å². The van der Waals surface area contributed by atoms with E-state index in [0.29, 0.717) is 5.78 Å². The Hall–Kier alpha value is 0.170. The fourth-order valence-corrected chi connectivity index (χ4v) is 7.03. The van der Waals surface area contributed by atoms with Crippen molar-refractivity contribution < 1.29 is 14.3 Å². The summed E-state index contributed by atoms with van der Waals surface area (Å²) in [6.07, 6.45) is 14.3. The van der Waals surface area contributed by atoms with Crippen molar-refractivity contribution in [2.75, 3.05) is 13.2 Å². The van der Waals surface area contributed by atoms with Crippen LogP contribution >= 0.6 is 23.2 Å². The molecule has 2 spiro atoms. The smallest absolute Gasteiger partial charge is 0.151 e. The van der Waals surface area contributed by atoms with Gasteiger partial charge in [0.2, 0.25) is 0 Å². The molecule has 0 amide bonds. The normalized spacial score (nSPS) is 36.5. The van der Waals surface area contributed by atoms with Gasteiger partial charge in [-0.2, -0.15) is 0 Å². The van der Waals surface area contributed by atoms with Crippen LogP contribution in [0, 0.1) is 10.8 Å². The zero-order valence-electron chi connectivity index (χ0n) is 18.4. The molecule has 0 radical (unpaired) electrons. The maximum absolute atomic E-state index is 13.5. The highest BCUT2D eigenvalue weighted by molar-refractivity contribution is 6.55. The largest absolute Gasteiger partial charge is 0.378 e. The predicted molar refractivity (Wildman–Crippen MR) is 120 cm³/mol. The van der Waals surface area contributed by atoms with Crippen LogP contribution in [0.4, 0.5) is 0 Å². The molecule has 3 saturated carbocycles. The number of carbonyl (C=O) groups excluding carboxylic acids is 1. The summed E-state index contributed by atoms with van der Waals surface area (Å²) in [5, 5.41) is 0. The predicted octanol–water partition coefficient (Wildman–Crippen LogP) is 7.01. The lowest BCUT2D eigenvalue weighted by Crippen LogP contribution is -2.74. The van der Waals surface area contributed by atoms with Crippen LogP contribution in [0.15, 0.2) is 0 Å². The molecule has 0 aromatic carbocycles. The van der Waals surface area contributed by atoms with E-state index >= 15 is 0 Å². The molecule has 3 aliphatic rings. The number of carbonyl (C=O) groups is 1. The van der Waals surface area contributed by atoms with Crippen LogP contribution in [0.25, 0.3) is 0 Å². The maximum atomic E-state index is 13.5. The van der Waals surface area contributed by atoms with Gasteiger partial charge in [-0.25, -0.2) is 0 Å². The lowest BCUT2D eigenvalue weighted by Gasteiger charge is -2.66. The van der Waals surface area contributed by atoms with Crippen LogP contribution in [0.2, 0.25) is 0 Å². The monoisotopic (exact) mass is 446 g/mol. The average Bonchev–Trinajstić information content (AvgIpc) is 2.74. The summed E-state index contributed by atoms with van der Waals surface area (Å²) in [6, 6.07) is 0. The quantitative estimate of drug-likeness (QED) is 0.267. The van der Waals surface area contributed by atoms with Crippen molar-refractivity contribution in [2.45, 2.75) is 120 Å².